The van der Waals surface area contributed by atoms with Crippen LogP contribution in [0.1, 0.15) is 38.3 Å². The van der Waals surface area contributed by atoms with Gasteiger partial charge in [0.25, 0.3) is 0 Å². The van der Waals surface area contributed by atoms with E-state index in [1.807, 2.05) is 18.2 Å². The Hall–Kier alpha value is -0.770. The Morgan fingerprint density at radius 2 is 2.22 bits per heavy atom. The molecule has 1 heterocycles. The molecular formula is C14H20ClNO2. The highest BCUT2D eigenvalue weighted by Crippen LogP contribution is 2.37. The van der Waals surface area contributed by atoms with Gasteiger partial charge in [-0.3, -0.25) is 0 Å². The first-order chi connectivity index (χ1) is 8.41. The summed E-state index contributed by atoms with van der Waals surface area (Å²) in [7, 11) is 1.72. The molecule has 4 heteroatoms. The molecule has 1 aromatic carbocycles. The van der Waals surface area contributed by atoms with Crippen molar-refractivity contribution in [3.05, 3.63) is 28.8 Å². The van der Waals surface area contributed by atoms with Gasteiger partial charge in [0.15, 0.2) is 0 Å². The van der Waals surface area contributed by atoms with Crippen molar-refractivity contribution in [2.24, 2.45) is 5.73 Å². The fourth-order valence-corrected chi connectivity index (χ4v) is 2.49. The summed E-state index contributed by atoms with van der Waals surface area (Å²) in [5, 5.41) is 0.698. The van der Waals surface area contributed by atoms with E-state index in [2.05, 4.69) is 13.8 Å². The van der Waals surface area contributed by atoms with Crippen molar-refractivity contribution in [1.29, 1.82) is 0 Å². The Morgan fingerprint density at radius 3 is 2.89 bits per heavy atom. The van der Waals surface area contributed by atoms with Crippen LogP contribution < -0.4 is 10.5 Å². The molecule has 0 saturated carbocycles. The molecule has 2 atom stereocenters. The summed E-state index contributed by atoms with van der Waals surface area (Å²) in [6, 6.07) is 5.59. The summed E-state index contributed by atoms with van der Waals surface area (Å²) in [6.45, 7) is 4.11. The average Bonchev–Trinajstić information content (AvgIpc) is 2.30. The number of hydrogen-bond donors (Lipinski definition) is 1. The van der Waals surface area contributed by atoms with Crippen molar-refractivity contribution in [1.82, 2.24) is 0 Å². The van der Waals surface area contributed by atoms with E-state index in [9.17, 15) is 0 Å². The molecule has 0 saturated heterocycles. The van der Waals surface area contributed by atoms with Crippen LogP contribution in [-0.4, -0.2) is 18.8 Å². The molecule has 0 spiro atoms. The summed E-state index contributed by atoms with van der Waals surface area (Å²) in [4.78, 5) is 0. The fraction of sp³-hybridized carbons (Fsp3) is 0.571. The van der Waals surface area contributed by atoms with Crippen LogP contribution in [0, 0.1) is 0 Å². The Kier molecular flexibility index (Phi) is 3.85. The number of halogens is 1. The molecule has 0 aromatic heterocycles. The number of rotatable bonds is 3. The maximum atomic E-state index is 6.19. The maximum absolute atomic E-state index is 6.19. The molecule has 18 heavy (non-hydrogen) atoms. The second-order valence-electron chi connectivity index (χ2n) is 5.43. The zero-order valence-corrected chi connectivity index (χ0v) is 11.8. The Bertz CT molecular complexity index is 434. The number of hydrogen-bond acceptors (Lipinski definition) is 3. The van der Waals surface area contributed by atoms with Gasteiger partial charge in [0.1, 0.15) is 11.9 Å². The third-order valence-corrected chi connectivity index (χ3v) is 3.69. The quantitative estimate of drug-likeness (QED) is 0.916. The van der Waals surface area contributed by atoms with Crippen molar-refractivity contribution in [3.63, 3.8) is 0 Å². The van der Waals surface area contributed by atoms with Gasteiger partial charge in [0.05, 0.1) is 5.60 Å². The van der Waals surface area contributed by atoms with E-state index in [0.29, 0.717) is 5.02 Å². The third-order valence-electron chi connectivity index (χ3n) is 3.45. The molecule has 1 aromatic rings. The van der Waals surface area contributed by atoms with Gasteiger partial charge in [0, 0.05) is 36.6 Å². The van der Waals surface area contributed by atoms with Gasteiger partial charge in [-0.2, -0.15) is 0 Å². The molecule has 0 amide bonds. The van der Waals surface area contributed by atoms with Gasteiger partial charge in [0.2, 0.25) is 0 Å². The summed E-state index contributed by atoms with van der Waals surface area (Å²) in [5.41, 5.74) is 6.98. The third kappa shape index (κ3) is 2.97. The highest BCUT2D eigenvalue weighted by molar-refractivity contribution is 6.30. The number of benzene rings is 1. The van der Waals surface area contributed by atoms with Crippen molar-refractivity contribution in [2.75, 3.05) is 7.11 Å². The normalized spacial score (nSPS) is 23.4. The first-order valence-corrected chi connectivity index (χ1v) is 6.56. The van der Waals surface area contributed by atoms with Crippen LogP contribution >= 0.6 is 11.6 Å². The van der Waals surface area contributed by atoms with Gasteiger partial charge >= 0.3 is 0 Å². The molecule has 1 unspecified atom stereocenters. The maximum Gasteiger partial charge on any atom is 0.124 e. The Balaban J connectivity index is 2.16. The first-order valence-electron chi connectivity index (χ1n) is 6.18. The van der Waals surface area contributed by atoms with Gasteiger partial charge < -0.3 is 15.2 Å². The summed E-state index contributed by atoms with van der Waals surface area (Å²) in [6.07, 6.45) is 1.70. The van der Waals surface area contributed by atoms with Crippen LogP contribution in [0.5, 0.6) is 5.75 Å². The molecule has 1 aliphatic heterocycles. The topological polar surface area (TPSA) is 44.5 Å². The van der Waals surface area contributed by atoms with Gasteiger partial charge in [-0.05, 0) is 32.0 Å². The van der Waals surface area contributed by atoms with Crippen LogP contribution in [0.4, 0.5) is 0 Å². The number of methoxy groups -OCH3 is 1. The van der Waals surface area contributed by atoms with Gasteiger partial charge in [-0.25, -0.2) is 0 Å². The predicted molar refractivity (Wildman–Crippen MR) is 73.1 cm³/mol. The van der Waals surface area contributed by atoms with E-state index in [0.717, 1.165) is 24.2 Å². The first kappa shape index (κ1) is 13.7. The van der Waals surface area contributed by atoms with Crippen LogP contribution in [-0.2, 0) is 4.74 Å². The number of ether oxygens (including phenoxy) is 2. The smallest absolute Gasteiger partial charge is 0.124 e. The van der Waals surface area contributed by atoms with Crippen molar-refractivity contribution >= 4 is 11.6 Å². The molecule has 0 radical (unpaired) electrons. The molecule has 3 nitrogen and oxygen atoms in total. The summed E-state index contributed by atoms with van der Waals surface area (Å²) >= 11 is 5.98. The molecule has 1 aliphatic rings. The molecule has 2 rings (SSSR count). The minimum Gasteiger partial charge on any atom is -0.490 e. The molecule has 0 aliphatic carbocycles. The highest BCUT2D eigenvalue weighted by Gasteiger charge is 2.31. The van der Waals surface area contributed by atoms with E-state index in [1.54, 1.807) is 7.11 Å². The molecule has 100 valence electrons. The lowest BCUT2D eigenvalue weighted by Gasteiger charge is -2.34. The minimum atomic E-state index is -0.200. The lowest BCUT2D eigenvalue weighted by Crippen LogP contribution is -2.36. The van der Waals surface area contributed by atoms with Crippen LogP contribution in [0.2, 0.25) is 5.02 Å². The largest absolute Gasteiger partial charge is 0.490 e. The lowest BCUT2D eigenvalue weighted by atomic mass is 9.91. The lowest BCUT2D eigenvalue weighted by molar-refractivity contribution is -0.0194. The second-order valence-corrected chi connectivity index (χ2v) is 5.87. The van der Waals surface area contributed by atoms with Crippen LogP contribution in [0.25, 0.3) is 0 Å². The van der Waals surface area contributed by atoms with E-state index < -0.39 is 0 Å². The fourth-order valence-electron chi connectivity index (χ4n) is 2.31. The molecule has 0 fully saturated rings. The number of fused-ring (bicyclic) bond motifs is 1. The predicted octanol–water partition coefficient (Wildman–Crippen LogP) is 3.31. The SMILES string of the molecule is COC(C)(C)CC1C[C@H](N)c2cc(Cl)ccc2O1. The van der Waals surface area contributed by atoms with E-state index in [-0.39, 0.29) is 17.7 Å². The highest BCUT2D eigenvalue weighted by atomic mass is 35.5. The molecule has 0 bridgehead atoms. The van der Waals surface area contributed by atoms with Crippen molar-refractivity contribution in [2.45, 2.75) is 44.4 Å². The van der Waals surface area contributed by atoms with E-state index >= 15 is 0 Å². The Labute approximate surface area is 113 Å². The van der Waals surface area contributed by atoms with Gasteiger partial charge in [-0.15, -0.1) is 0 Å². The second kappa shape index (κ2) is 5.08. The van der Waals surface area contributed by atoms with E-state index in [4.69, 9.17) is 26.8 Å². The zero-order chi connectivity index (χ0) is 13.3. The standard InChI is InChI=1S/C14H20ClNO2/c1-14(2,17-3)8-10-7-12(16)11-6-9(15)4-5-13(11)18-10/h4-6,10,12H,7-8,16H2,1-3H3/t10?,12-/m0/s1. The Morgan fingerprint density at radius 1 is 1.50 bits per heavy atom. The van der Waals surface area contributed by atoms with Crippen LogP contribution in [0.15, 0.2) is 18.2 Å². The summed E-state index contributed by atoms with van der Waals surface area (Å²) < 4.78 is 11.4. The molecular weight excluding hydrogens is 250 g/mol. The van der Waals surface area contributed by atoms with Crippen molar-refractivity contribution in [3.8, 4) is 5.75 Å². The van der Waals surface area contributed by atoms with Crippen LogP contribution in [0.3, 0.4) is 0 Å². The minimum absolute atomic E-state index is 0.0230. The monoisotopic (exact) mass is 269 g/mol. The number of nitrogens with two attached hydrogens (primary N) is 1. The molecule has 2 N–H and O–H groups in total. The van der Waals surface area contributed by atoms with Gasteiger partial charge in [-0.1, -0.05) is 11.6 Å². The zero-order valence-electron chi connectivity index (χ0n) is 11.1. The summed E-state index contributed by atoms with van der Waals surface area (Å²) in [5.74, 6) is 0.843. The van der Waals surface area contributed by atoms with E-state index in [1.165, 1.54) is 0 Å². The average molecular weight is 270 g/mol. The van der Waals surface area contributed by atoms with Crippen molar-refractivity contribution < 1.29 is 9.47 Å².